The van der Waals surface area contributed by atoms with Crippen LogP contribution in [0, 0.1) is 0 Å². The van der Waals surface area contributed by atoms with Crippen molar-refractivity contribution in [3.05, 3.63) is 34.4 Å². The van der Waals surface area contributed by atoms with E-state index in [1.54, 1.807) is 22.3 Å². The van der Waals surface area contributed by atoms with Crippen LogP contribution in [0.2, 0.25) is 0 Å². The highest BCUT2D eigenvalue weighted by molar-refractivity contribution is 5.57. The van der Waals surface area contributed by atoms with Gasteiger partial charge < -0.3 is 0 Å². The van der Waals surface area contributed by atoms with Gasteiger partial charge in [-0.05, 0) is 53.4 Å². The van der Waals surface area contributed by atoms with Gasteiger partial charge in [0.05, 0.1) is 0 Å². The molecule has 1 aromatic rings. The molecule has 5 bridgehead atoms. The summed E-state index contributed by atoms with van der Waals surface area (Å²) in [4.78, 5) is 0. The van der Waals surface area contributed by atoms with E-state index in [0.29, 0.717) is 5.41 Å². The van der Waals surface area contributed by atoms with Gasteiger partial charge in [-0.2, -0.15) is 0 Å². The molecule has 1 spiro atoms. The van der Waals surface area contributed by atoms with Gasteiger partial charge in [-0.25, -0.2) is 0 Å². The summed E-state index contributed by atoms with van der Waals surface area (Å²) in [7, 11) is 0. The maximum absolute atomic E-state index is 2.53. The minimum atomic E-state index is 0.597. The van der Waals surface area contributed by atoms with E-state index in [1.165, 1.54) is 19.3 Å². The second kappa shape index (κ2) is 1.93. The molecule has 5 aliphatic carbocycles. The molecule has 0 heteroatoms. The molecule has 0 aliphatic heterocycles. The highest BCUT2D eigenvalue weighted by Crippen LogP contribution is 2.60. The summed E-state index contributed by atoms with van der Waals surface area (Å²) >= 11 is 0. The largest absolute Gasteiger partial charge is 0.0584 e. The molecule has 5 aliphatic rings. The van der Waals surface area contributed by atoms with Crippen molar-refractivity contribution in [2.45, 2.75) is 50.4 Å². The predicted octanol–water partition coefficient (Wildman–Crippen LogP) is 3.49. The van der Waals surface area contributed by atoms with E-state index < -0.39 is 0 Å². The minimum Gasteiger partial charge on any atom is -0.0584 e. The first kappa shape index (κ1) is 7.50. The molecular formula is C14H16. The minimum absolute atomic E-state index is 0.597. The summed E-state index contributed by atoms with van der Waals surface area (Å²) in [6.45, 7) is 4.82. The van der Waals surface area contributed by atoms with Crippen LogP contribution in [0.4, 0.5) is 0 Å². The fourth-order valence-electron chi connectivity index (χ4n) is 4.46. The number of rotatable bonds is 0. The molecule has 0 N–H and O–H groups in total. The van der Waals surface area contributed by atoms with Gasteiger partial charge >= 0.3 is 0 Å². The number of hydrogen-bond donors (Lipinski definition) is 0. The number of fused-ring (bicyclic) bond motifs is 1. The Balaban J connectivity index is 2.13. The molecule has 3 atom stereocenters. The van der Waals surface area contributed by atoms with E-state index in [0.717, 1.165) is 11.8 Å². The van der Waals surface area contributed by atoms with Crippen LogP contribution in [0.1, 0.15) is 60.8 Å². The monoisotopic (exact) mass is 184 g/mol. The van der Waals surface area contributed by atoms with Crippen molar-refractivity contribution in [2.75, 3.05) is 0 Å². The first-order valence-corrected chi connectivity index (χ1v) is 5.87. The zero-order valence-corrected chi connectivity index (χ0v) is 8.93. The van der Waals surface area contributed by atoms with E-state index in [2.05, 4.69) is 26.0 Å². The van der Waals surface area contributed by atoms with E-state index >= 15 is 0 Å². The maximum Gasteiger partial charge on any atom is 0.000779 e. The van der Waals surface area contributed by atoms with Gasteiger partial charge in [0.1, 0.15) is 0 Å². The van der Waals surface area contributed by atoms with E-state index in [4.69, 9.17) is 0 Å². The standard InChI is InChI=1S/C14H16/c1-8-5-14-6-9(2)12-3-10(7-14)11(8)4-13(12)14/h3-4,8-9H,5-7H2,1-2H3. The van der Waals surface area contributed by atoms with Crippen LogP contribution in [0.25, 0.3) is 0 Å². The number of hydrogen-bond acceptors (Lipinski definition) is 0. The molecule has 0 fully saturated rings. The van der Waals surface area contributed by atoms with Gasteiger partial charge in [0.15, 0.2) is 0 Å². The van der Waals surface area contributed by atoms with Gasteiger partial charge in [0.25, 0.3) is 0 Å². The lowest BCUT2D eigenvalue weighted by molar-refractivity contribution is 0.315. The second-order valence-electron chi connectivity index (χ2n) is 5.81. The quantitative estimate of drug-likeness (QED) is 0.579. The van der Waals surface area contributed by atoms with Crippen molar-refractivity contribution < 1.29 is 0 Å². The Bertz CT molecular complexity index is 444. The van der Waals surface area contributed by atoms with Crippen LogP contribution in [0.15, 0.2) is 12.1 Å². The Morgan fingerprint density at radius 3 is 2.50 bits per heavy atom. The third-order valence-electron chi connectivity index (χ3n) is 4.87. The molecular weight excluding hydrogens is 168 g/mol. The summed E-state index contributed by atoms with van der Waals surface area (Å²) in [5.74, 6) is 1.65. The lowest BCUT2D eigenvalue weighted by Gasteiger charge is -2.44. The topological polar surface area (TPSA) is 0 Å². The van der Waals surface area contributed by atoms with Crippen LogP contribution < -0.4 is 0 Å². The predicted molar refractivity (Wildman–Crippen MR) is 57.9 cm³/mol. The van der Waals surface area contributed by atoms with Crippen molar-refractivity contribution in [1.29, 1.82) is 0 Å². The second-order valence-corrected chi connectivity index (χ2v) is 5.81. The molecule has 1 aromatic carbocycles. The Kier molecular flexibility index (Phi) is 1.04. The molecule has 0 nitrogen and oxygen atoms in total. The maximum atomic E-state index is 2.53. The van der Waals surface area contributed by atoms with E-state index in [-0.39, 0.29) is 0 Å². The Morgan fingerprint density at radius 1 is 1.07 bits per heavy atom. The van der Waals surface area contributed by atoms with E-state index in [1.807, 2.05) is 0 Å². The molecule has 0 saturated heterocycles. The normalized spacial score (nSPS) is 41.0. The molecule has 0 saturated carbocycles. The SMILES string of the molecule is CC1CC23Cc4cc(c2cc41)C(C)C3. The average Bonchev–Trinajstić information content (AvgIpc) is 2.35. The van der Waals surface area contributed by atoms with Crippen LogP contribution >= 0.6 is 0 Å². The zero-order valence-electron chi connectivity index (χ0n) is 8.93. The Labute approximate surface area is 85.3 Å². The molecule has 0 amide bonds. The lowest BCUT2D eigenvalue weighted by Crippen LogP contribution is -2.37. The Morgan fingerprint density at radius 2 is 1.79 bits per heavy atom. The van der Waals surface area contributed by atoms with Crippen LogP contribution in [0.5, 0.6) is 0 Å². The zero-order chi connectivity index (χ0) is 9.50. The first-order chi connectivity index (χ1) is 6.70. The Hall–Kier alpha value is -0.780. The van der Waals surface area contributed by atoms with Crippen molar-refractivity contribution in [2.24, 2.45) is 0 Å². The molecule has 6 rings (SSSR count). The van der Waals surface area contributed by atoms with Crippen molar-refractivity contribution in [3.63, 3.8) is 0 Å². The van der Waals surface area contributed by atoms with Crippen LogP contribution in [-0.4, -0.2) is 0 Å². The van der Waals surface area contributed by atoms with Crippen molar-refractivity contribution in [3.8, 4) is 0 Å². The fourth-order valence-corrected chi connectivity index (χ4v) is 4.46. The highest BCUT2D eigenvalue weighted by Gasteiger charge is 2.50. The van der Waals surface area contributed by atoms with Crippen LogP contribution in [-0.2, 0) is 11.8 Å². The van der Waals surface area contributed by atoms with Gasteiger partial charge in [0.2, 0.25) is 0 Å². The van der Waals surface area contributed by atoms with Crippen molar-refractivity contribution >= 4 is 0 Å². The summed E-state index contributed by atoms with van der Waals surface area (Å²) < 4.78 is 0. The summed E-state index contributed by atoms with van der Waals surface area (Å²) in [6.07, 6.45) is 4.22. The summed E-state index contributed by atoms with van der Waals surface area (Å²) in [6, 6.07) is 5.04. The average molecular weight is 184 g/mol. The smallest absolute Gasteiger partial charge is 0.000779 e. The van der Waals surface area contributed by atoms with Gasteiger partial charge in [0, 0.05) is 5.41 Å². The van der Waals surface area contributed by atoms with Gasteiger partial charge in [-0.3, -0.25) is 0 Å². The van der Waals surface area contributed by atoms with Crippen LogP contribution in [0.3, 0.4) is 0 Å². The highest BCUT2D eigenvalue weighted by atomic mass is 14.5. The molecule has 0 radical (unpaired) electrons. The molecule has 0 heterocycles. The third-order valence-corrected chi connectivity index (χ3v) is 4.87. The fraction of sp³-hybridized carbons (Fsp3) is 0.571. The summed E-state index contributed by atoms with van der Waals surface area (Å²) in [5, 5.41) is 0. The summed E-state index contributed by atoms with van der Waals surface area (Å²) in [5.41, 5.74) is 7.35. The third kappa shape index (κ3) is 0.599. The van der Waals surface area contributed by atoms with Gasteiger partial charge in [-0.15, -0.1) is 0 Å². The first-order valence-electron chi connectivity index (χ1n) is 5.87. The number of benzene rings is 1. The van der Waals surface area contributed by atoms with E-state index in [9.17, 15) is 0 Å². The molecule has 3 unspecified atom stereocenters. The molecule has 72 valence electrons. The lowest BCUT2D eigenvalue weighted by atomic mass is 9.59. The molecule has 14 heavy (non-hydrogen) atoms. The van der Waals surface area contributed by atoms with Gasteiger partial charge in [-0.1, -0.05) is 26.0 Å². The molecule has 0 aromatic heterocycles. The van der Waals surface area contributed by atoms with Crippen molar-refractivity contribution in [1.82, 2.24) is 0 Å².